The van der Waals surface area contributed by atoms with Gasteiger partial charge < -0.3 is 4.74 Å². The van der Waals surface area contributed by atoms with Gasteiger partial charge in [0.2, 0.25) is 5.78 Å². The molecule has 0 aromatic heterocycles. The lowest BCUT2D eigenvalue weighted by Gasteiger charge is -2.08. The molecule has 71 valence electrons. The predicted octanol–water partition coefficient (Wildman–Crippen LogP) is -0.285. The van der Waals surface area contributed by atoms with Gasteiger partial charge in [-0.15, -0.1) is 0 Å². The van der Waals surface area contributed by atoms with Crippen molar-refractivity contribution in [1.29, 1.82) is 0 Å². The Bertz CT molecular complexity index is 421. The lowest BCUT2D eigenvalue weighted by molar-refractivity contribution is -0.135. The molecule has 0 N–H and O–H groups in total. The fourth-order valence-corrected chi connectivity index (χ4v) is 1.86. The third-order valence-electron chi connectivity index (χ3n) is 1.83. The molecule has 5 nitrogen and oxygen atoms in total. The molecule has 0 saturated heterocycles. The highest BCUT2D eigenvalue weighted by Gasteiger charge is 2.39. The quantitative estimate of drug-likeness (QED) is 0.257. The number of amides is 1. The predicted molar refractivity (Wildman–Crippen MR) is 46.9 cm³/mol. The number of Topliss-reactive ketones (excluding diaryl/α,β-unsaturated/α-hetero) is 2. The highest BCUT2D eigenvalue weighted by molar-refractivity contribution is 8.02. The molecule has 14 heavy (non-hydrogen) atoms. The summed E-state index contributed by atoms with van der Waals surface area (Å²) in [6.07, 6.45) is 1.36. The number of carbonyl (C=O) groups is 3. The zero-order valence-corrected chi connectivity index (χ0v) is 7.88. The number of methoxy groups -OCH3 is 1. The van der Waals surface area contributed by atoms with Crippen LogP contribution >= 0.6 is 11.9 Å². The topological polar surface area (TPSA) is 74.5 Å². The van der Waals surface area contributed by atoms with E-state index in [1.165, 1.54) is 13.2 Å². The van der Waals surface area contributed by atoms with Crippen molar-refractivity contribution in [2.75, 3.05) is 7.11 Å². The minimum Gasteiger partial charge on any atom is -0.492 e. The molecule has 2 rings (SSSR count). The molecular weight excluding hydrogens is 206 g/mol. The van der Waals surface area contributed by atoms with Gasteiger partial charge in [-0.3, -0.25) is 14.4 Å². The molecule has 0 bridgehead atoms. The molecule has 0 aromatic carbocycles. The zero-order valence-electron chi connectivity index (χ0n) is 7.07. The summed E-state index contributed by atoms with van der Waals surface area (Å²) in [5.74, 6) is -2.32. The standard InChI is InChI=1S/C8H4NO4S/c1-13-3-2-4-5(7(11)6(3)10)8(12)9-14-4/h2H,1H3. The first kappa shape index (κ1) is 9.01. The Morgan fingerprint density at radius 1 is 1.29 bits per heavy atom. The average Bonchev–Trinajstić information content (AvgIpc) is 2.54. The van der Waals surface area contributed by atoms with E-state index >= 15 is 0 Å². The van der Waals surface area contributed by atoms with Crippen LogP contribution in [0.15, 0.2) is 22.3 Å². The van der Waals surface area contributed by atoms with Gasteiger partial charge in [0.1, 0.15) is 5.57 Å². The van der Waals surface area contributed by atoms with Crippen molar-refractivity contribution in [2.24, 2.45) is 0 Å². The average molecular weight is 210 g/mol. The second-order valence-corrected chi connectivity index (χ2v) is 3.40. The van der Waals surface area contributed by atoms with Gasteiger partial charge >= 0.3 is 0 Å². The Hall–Kier alpha value is -1.56. The summed E-state index contributed by atoms with van der Waals surface area (Å²) in [6.45, 7) is 0. The van der Waals surface area contributed by atoms with E-state index in [1.807, 2.05) is 0 Å². The summed E-state index contributed by atoms with van der Waals surface area (Å²) in [5.41, 5.74) is -0.138. The van der Waals surface area contributed by atoms with Gasteiger partial charge in [-0.25, -0.2) is 0 Å². The molecule has 0 spiro atoms. The molecule has 1 radical (unpaired) electrons. The van der Waals surface area contributed by atoms with Crippen LogP contribution in [0.4, 0.5) is 0 Å². The van der Waals surface area contributed by atoms with Crippen LogP contribution in [-0.2, 0) is 19.1 Å². The highest BCUT2D eigenvalue weighted by atomic mass is 32.2. The van der Waals surface area contributed by atoms with E-state index < -0.39 is 17.5 Å². The lowest BCUT2D eigenvalue weighted by Crippen LogP contribution is -2.26. The maximum absolute atomic E-state index is 11.4. The van der Waals surface area contributed by atoms with Gasteiger partial charge in [0.15, 0.2) is 5.76 Å². The molecule has 0 aromatic rings. The second kappa shape index (κ2) is 2.98. The minimum atomic E-state index is -0.835. The van der Waals surface area contributed by atoms with Crippen molar-refractivity contribution >= 4 is 29.4 Å². The molecule has 1 aliphatic heterocycles. The SMILES string of the molecule is COC1=CC2=C(C(=O)[N]S2)C(=O)C1=O. The highest BCUT2D eigenvalue weighted by Crippen LogP contribution is 2.32. The molecule has 6 heteroatoms. The Morgan fingerprint density at radius 2 is 2.00 bits per heavy atom. The second-order valence-electron chi connectivity index (χ2n) is 2.60. The summed E-state index contributed by atoms with van der Waals surface area (Å²) in [5, 5.41) is 0. The third-order valence-corrected chi connectivity index (χ3v) is 2.60. The molecule has 0 atom stereocenters. The number of hydrogen-bond donors (Lipinski definition) is 0. The summed E-state index contributed by atoms with van der Waals surface area (Å²) < 4.78 is 8.17. The number of rotatable bonds is 1. The van der Waals surface area contributed by atoms with Crippen LogP contribution in [0.2, 0.25) is 0 Å². The first-order valence-corrected chi connectivity index (χ1v) is 4.44. The molecule has 2 aliphatic rings. The molecule has 1 amide bonds. The summed E-state index contributed by atoms with van der Waals surface area (Å²) in [6, 6.07) is 0. The summed E-state index contributed by atoms with van der Waals surface area (Å²) in [4.78, 5) is 34.1. The minimum absolute atomic E-state index is 0.0499. The first-order chi connectivity index (χ1) is 6.65. The monoisotopic (exact) mass is 210 g/mol. The van der Waals surface area contributed by atoms with Crippen LogP contribution in [0.3, 0.4) is 0 Å². The van der Waals surface area contributed by atoms with Crippen molar-refractivity contribution in [2.45, 2.75) is 0 Å². The summed E-state index contributed by atoms with van der Waals surface area (Å²) >= 11 is 0.885. The van der Waals surface area contributed by atoms with Crippen molar-refractivity contribution < 1.29 is 19.1 Å². The van der Waals surface area contributed by atoms with Crippen LogP contribution < -0.4 is 4.72 Å². The van der Waals surface area contributed by atoms with Crippen molar-refractivity contribution in [3.8, 4) is 0 Å². The Labute approximate surface area is 83.3 Å². The third kappa shape index (κ3) is 1.07. The van der Waals surface area contributed by atoms with E-state index in [2.05, 4.69) is 4.72 Å². The molecule has 1 aliphatic carbocycles. The Kier molecular flexibility index (Phi) is 1.92. The van der Waals surface area contributed by atoms with E-state index in [0.29, 0.717) is 4.91 Å². The fourth-order valence-electron chi connectivity index (χ4n) is 1.16. The lowest BCUT2D eigenvalue weighted by atomic mass is 10.0. The van der Waals surface area contributed by atoms with E-state index in [0.717, 1.165) is 11.9 Å². The van der Waals surface area contributed by atoms with Crippen LogP contribution in [0.5, 0.6) is 0 Å². The Morgan fingerprint density at radius 3 is 2.64 bits per heavy atom. The van der Waals surface area contributed by atoms with Crippen LogP contribution in [0, 0.1) is 0 Å². The number of hydrogen-bond acceptors (Lipinski definition) is 5. The van der Waals surface area contributed by atoms with E-state index in [1.54, 1.807) is 0 Å². The molecule has 0 fully saturated rings. The van der Waals surface area contributed by atoms with Gasteiger partial charge in [-0.1, -0.05) is 0 Å². The molecule has 1 heterocycles. The molecule has 0 unspecified atom stereocenters. The fraction of sp³-hybridized carbons (Fsp3) is 0.125. The van der Waals surface area contributed by atoms with E-state index in [-0.39, 0.29) is 11.3 Å². The number of ketones is 2. The van der Waals surface area contributed by atoms with Crippen molar-refractivity contribution in [3.63, 3.8) is 0 Å². The number of nitrogens with zero attached hydrogens (tertiary/aromatic N) is 1. The number of allylic oxidation sites excluding steroid dienone is 2. The maximum Gasteiger partial charge on any atom is 0.289 e. The van der Waals surface area contributed by atoms with Crippen molar-refractivity contribution in [3.05, 3.63) is 22.3 Å². The molecular formula is C8H4NO4S. The maximum atomic E-state index is 11.4. The van der Waals surface area contributed by atoms with E-state index in [9.17, 15) is 14.4 Å². The largest absolute Gasteiger partial charge is 0.492 e. The zero-order chi connectivity index (χ0) is 10.3. The number of carbonyl (C=O) groups excluding carboxylic acids is 3. The summed E-state index contributed by atoms with van der Waals surface area (Å²) in [7, 11) is 1.29. The van der Waals surface area contributed by atoms with Crippen LogP contribution in [0.25, 0.3) is 0 Å². The van der Waals surface area contributed by atoms with E-state index in [4.69, 9.17) is 4.74 Å². The smallest absolute Gasteiger partial charge is 0.289 e. The van der Waals surface area contributed by atoms with Gasteiger partial charge in [-0.05, 0) is 0 Å². The van der Waals surface area contributed by atoms with Gasteiger partial charge in [0.25, 0.3) is 11.7 Å². The Balaban J connectivity index is 2.53. The first-order valence-electron chi connectivity index (χ1n) is 3.66. The molecule has 0 saturated carbocycles. The van der Waals surface area contributed by atoms with Gasteiger partial charge in [-0.2, -0.15) is 4.72 Å². The van der Waals surface area contributed by atoms with Crippen LogP contribution in [-0.4, -0.2) is 24.6 Å². The number of ether oxygens (including phenoxy) is 1. The van der Waals surface area contributed by atoms with Crippen LogP contribution in [0.1, 0.15) is 0 Å². The van der Waals surface area contributed by atoms with Gasteiger partial charge in [0.05, 0.1) is 12.0 Å². The van der Waals surface area contributed by atoms with Gasteiger partial charge in [0, 0.05) is 18.0 Å². The normalized spacial score (nSPS) is 20.6. The van der Waals surface area contributed by atoms with Crippen molar-refractivity contribution in [1.82, 2.24) is 4.72 Å².